The lowest BCUT2D eigenvalue weighted by Gasteiger charge is -2.09. The van der Waals surface area contributed by atoms with Gasteiger partial charge < -0.3 is 0 Å². The number of hydrogen-bond acceptors (Lipinski definition) is 3. The van der Waals surface area contributed by atoms with Gasteiger partial charge in [-0.15, -0.1) is 0 Å². The summed E-state index contributed by atoms with van der Waals surface area (Å²) in [6.07, 6.45) is 1.87. The van der Waals surface area contributed by atoms with Crippen LogP contribution in [0.4, 0.5) is 0 Å². The molecule has 3 nitrogen and oxygen atoms in total. The van der Waals surface area contributed by atoms with Gasteiger partial charge in [0.05, 0.1) is 16.9 Å². The normalized spacial score (nSPS) is 10.9. The summed E-state index contributed by atoms with van der Waals surface area (Å²) in [6.45, 7) is 1.94. The monoisotopic (exact) mass is 373 g/mol. The van der Waals surface area contributed by atoms with E-state index in [-0.39, 0.29) is 0 Å². The number of aryl methyl sites for hydroxylation is 1. The largest absolute Gasteiger partial charge is 0.256 e. The third kappa shape index (κ3) is 3.39. The summed E-state index contributed by atoms with van der Waals surface area (Å²) >= 11 is 0. The van der Waals surface area contributed by atoms with E-state index < -0.39 is 0 Å². The number of benzene rings is 3. The molecule has 0 radical (unpaired) electrons. The van der Waals surface area contributed by atoms with Crippen LogP contribution in [0, 0.1) is 6.92 Å². The van der Waals surface area contributed by atoms with Gasteiger partial charge in [0.25, 0.3) is 0 Å². The van der Waals surface area contributed by atoms with E-state index in [1.54, 1.807) is 0 Å². The Labute approximate surface area is 169 Å². The van der Waals surface area contributed by atoms with Crippen LogP contribution in [0.15, 0.2) is 97.2 Å². The molecule has 0 aliphatic heterocycles. The van der Waals surface area contributed by atoms with Crippen molar-refractivity contribution in [3.63, 3.8) is 0 Å². The van der Waals surface area contributed by atoms with Crippen molar-refractivity contribution >= 4 is 10.9 Å². The van der Waals surface area contributed by atoms with Crippen molar-refractivity contribution in [2.45, 2.75) is 6.92 Å². The molecular formula is C26H19N3. The summed E-state index contributed by atoms with van der Waals surface area (Å²) in [5.74, 6) is 0.769. The number of pyridine rings is 1. The molecule has 0 fully saturated rings. The maximum atomic E-state index is 4.66. The second kappa shape index (κ2) is 7.28. The molecule has 0 saturated heterocycles. The molecule has 0 amide bonds. The van der Waals surface area contributed by atoms with Crippen LogP contribution in [-0.4, -0.2) is 15.0 Å². The minimum Gasteiger partial charge on any atom is -0.256 e. The van der Waals surface area contributed by atoms with E-state index in [0.29, 0.717) is 0 Å². The van der Waals surface area contributed by atoms with Crippen molar-refractivity contribution in [1.29, 1.82) is 0 Å². The molecular weight excluding hydrogens is 354 g/mol. The van der Waals surface area contributed by atoms with Gasteiger partial charge in [0.15, 0.2) is 0 Å². The van der Waals surface area contributed by atoms with Gasteiger partial charge in [0.1, 0.15) is 5.82 Å². The summed E-state index contributed by atoms with van der Waals surface area (Å²) in [5, 5.41) is 1.16. The molecule has 0 N–H and O–H groups in total. The van der Waals surface area contributed by atoms with E-state index >= 15 is 0 Å². The van der Waals surface area contributed by atoms with Crippen LogP contribution >= 0.6 is 0 Å². The van der Waals surface area contributed by atoms with Gasteiger partial charge in [-0.1, -0.05) is 72.8 Å². The van der Waals surface area contributed by atoms with E-state index in [1.807, 2.05) is 43.5 Å². The number of para-hydroxylation sites is 1. The number of rotatable bonds is 3. The van der Waals surface area contributed by atoms with Gasteiger partial charge >= 0.3 is 0 Å². The number of nitrogens with zero attached hydrogens (tertiary/aromatic N) is 3. The van der Waals surface area contributed by atoms with Gasteiger partial charge in [0, 0.05) is 22.7 Å². The fourth-order valence-corrected chi connectivity index (χ4v) is 3.64. The summed E-state index contributed by atoms with van der Waals surface area (Å²) in [7, 11) is 0. The Morgan fingerprint density at radius 2 is 1.21 bits per heavy atom. The zero-order chi connectivity index (χ0) is 19.6. The number of hydrogen-bond donors (Lipinski definition) is 0. The maximum Gasteiger partial charge on any atom is 0.126 e. The van der Waals surface area contributed by atoms with E-state index in [1.165, 1.54) is 11.1 Å². The maximum absolute atomic E-state index is 4.66. The standard InChI is InChI=1S/C26H19N3/c1-18-28-25(20-7-3-2-4-8-20)17-26(29-18)21-13-11-19(12-14-21)22-15-16-27-24-10-6-5-9-23(22)24/h2-17H,1H3. The van der Waals surface area contributed by atoms with Gasteiger partial charge in [-0.25, -0.2) is 9.97 Å². The van der Waals surface area contributed by atoms with Crippen molar-refractivity contribution in [3.8, 4) is 33.6 Å². The molecule has 29 heavy (non-hydrogen) atoms. The highest BCUT2D eigenvalue weighted by Gasteiger charge is 2.08. The lowest BCUT2D eigenvalue weighted by molar-refractivity contribution is 1.06. The first-order valence-corrected chi connectivity index (χ1v) is 9.63. The molecule has 5 aromatic rings. The van der Waals surface area contributed by atoms with Crippen molar-refractivity contribution in [2.24, 2.45) is 0 Å². The Balaban J connectivity index is 1.55. The molecule has 0 saturated carbocycles. The molecule has 138 valence electrons. The predicted molar refractivity (Wildman–Crippen MR) is 118 cm³/mol. The minimum atomic E-state index is 0.769. The van der Waals surface area contributed by atoms with E-state index in [2.05, 4.69) is 75.6 Å². The number of aromatic nitrogens is 3. The summed E-state index contributed by atoms with van der Waals surface area (Å²) < 4.78 is 0. The summed E-state index contributed by atoms with van der Waals surface area (Å²) in [4.78, 5) is 13.7. The van der Waals surface area contributed by atoms with E-state index in [9.17, 15) is 0 Å². The van der Waals surface area contributed by atoms with Crippen molar-refractivity contribution < 1.29 is 0 Å². The van der Waals surface area contributed by atoms with Crippen LogP contribution in [-0.2, 0) is 0 Å². The highest BCUT2D eigenvalue weighted by Crippen LogP contribution is 2.30. The Morgan fingerprint density at radius 3 is 1.97 bits per heavy atom. The molecule has 0 atom stereocenters. The second-order valence-corrected chi connectivity index (χ2v) is 7.00. The van der Waals surface area contributed by atoms with E-state index in [0.717, 1.165) is 39.2 Å². The average Bonchev–Trinajstić information content (AvgIpc) is 2.79. The Hall–Kier alpha value is -3.85. The van der Waals surface area contributed by atoms with Crippen LogP contribution in [0.2, 0.25) is 0 Å². The molecule has 0 unspecified atom stereocenters. The molecule has 0 spiro atoms. The molecule has 0 aliphatic rings. The molecule has 5 rings (SSSR count). The summed E-state index contributed by atoms with van der Waals surface area (Å²) in [6, 6.07) is 31.1. The molecule has 3 aromatic carbocycles. The third-order valence-corrected chi connectivity index (χ3v) is 5.05. The predicted octanol–water partition coefficient (Wildman–Crippen LogP) is 6.33. The first kappa shape index (κ1) is 17.3. The number of fused-ring (bicyclic) bond motifs is 1. The third-order valence-electron chi connectivity index (χ3n) is 5.05. The van der Waals surface area contributed by atoms with Gasteiger partial charge in [-0.05, 0) is 36.2 Å². The first-order valence-electron chi connectivity index (χ1n) is 9.63. The lowest BCUT2D eigenvalue weighted by atomic mass is 9.99. The molecule has 2 aromatic heterocycles. The fraction of sp³-hybridized carbons (Fsp3) is 0.0385. The Bertz CT molecular complexity index is 1290. The quantitative estimate of drug-likeness (QED) is 0.371. The molecule has 0 aliphatic carbocycles. The van der Waals surface area contributed by atoms with Gasteiger partial charge in [0.2, 0.25) is 0 Å². The second-order valence-electron chi connectivity index (χ2n) is 7.00. The van der Waals surface area contributed by atoms with Crippen LogP contribution in [0.5, 0.6) is 0 Å². The zero-order valence-corrected chi connectivity index (χ0v) is 16.1. The highest BCUT2D eigenvalue weighted by molar-refractivity contribution is 5.94. The minimum absolute atomic E-state index is 0.769. The van der Waals surface area contributed by atoms with Crippen LogP contribution in [0.25, 0.3) is 44.5 Å². The molecule has 0 bridgehead atoms. The fourth-order valence-electron chi connectivity index (χ4n) is 3.64. The van der Waals surface area contributed by atoms with Crippen molar-refractivity contribution in [3.05, 3.63) is 103 Å². The lowest BCUT2D eigenvalue weighted by Crippen LogP contribution is -1.94. The molecule has 2 heterocycles. The van der Waals surface area contributed by atoms with Crippen molar-refractivity contribution in [2.75, 3.05) is 0 Å². The van der Waals surface area contributed by atoms with E-state index in [4.69, 9.17) is 0 Å². The van der Waals surface area contributed by atoms with Crippen LogP contribution in [0.3, 0.4) is 0 Å². The smallest absolute Gasteiger partial charge is 0.126 e. The highest BCUT2D eigenvalue weighted by atomic mass is 14.9. The average molecular weight is 373 g/mol. The Kier molecular flexibility index (Phi) is 4.34. The Morgan fingerprint density at radius 1 is 0.586 bits per heavy atom. The van der Waals surface area contributed by atoms with Crippen LogP contribution < -0.4 is 0 Å². The summed E-state index contributed by atoms with van der Waals surface area (Å²) in [5.41, 5.74) is 7.41. The van der Waals surface area contributed by atoms with Gasteiger partial charge in [-0.2, -0.15) is 0 Å². The topological polar surface area (TPSA) is 38.7 Å². The first-order chi connectivity index (χ1) is 14.3. The van der Waals surface area contributed by atoms with Crippen molar-refractivity contribution in [1.82, 2.24) is 15.0 Å². The zero-order valence-electron chi connectivity index (χ0n) is 16.1. The SMILES string of the molecule is Cc1nc(-c2ccccc2)cc(-c2ccc(-c3ccnc4ccccc34)cc2)n1. The van der Waals surface area contributed by atoms with Gasteiger partial charge in [-0.3, -0.25) is 4.98 Å². The molecule has 3 heteroatoms. The van der Waals surface area contributed by atoms with Crippen LogP contribution in [0.1, 0.15) is 5.82 Å².